The fraction of sp³-hybridized carbons (Fsp3) is 0.385. The third kappa shape index (κ3) is 16.6. The van der Waals surface area contributed by atoms with Gasteiger partial charge in [-0.15, -0.1) is 0 Å². The monoisotopic (exact) mass is 960 g/mol. The fourth-order valence-electron chi connectivity index (χ4n) is 8.10. The van der Waals surface area contributed by atoms with Crippen molar-refractivity contribution in [3.05, 3.63) is 138 Å². The first kappa shape index (κ1) is 53.4. The highest BCUT2D eigenvalue weighted by Crippen LogP contribution is 2.21. The van der Waals surface area contributed by atoms with Crippen molar-refractivity contribution in [1.82, 2.24) is 36.8 Å². The van der Waals surface area contributed by atoms with Gasteiger partial charge < -0.3 is 52.7 Å². The number of phenols is 1. The summed E-state index contributed by atoms with van der Waals surface area (Å²) in [5, 5.41) is 35.7. The Hall–Kier alpha value is -7.60. The first-order valence-corrected chi connectivity index (χ1v) is 23.4. The predicted molar refractivity (Wildman–Crippen MR) is 260 cm³/mol. The van der Waals surface area contributed by atoms with E-state index < -0.39 is 96.2 Å². The van der Waals surface area contributed by atoms with Gasteiger partial charge in [0, 0.05) is 25.8 Å². The van der Waals surface area contributed by atoms with Gasteiger partial charge in [-0.1, -0.05) is 117 Å². The molecule has 1 heterocycles. The Morgan fingerprint density at radius 2 is 1.01 bits per heavy atom. The van der Waals surface area contributed by atoms with Gasteiger partial charge in [-0.3, -0.25) is 33.6 Å². The van der Waals surface area contributed by atoms with E-state index in [9.17, 15) is 48.6 Å². The second-order valence-electron chi connectivity index (χ2n) is 18.0. The molecule has 7 amide bonds. The summed E-state index contributed by atoms with van der Waals surface area (Å²) in [4.78, 5) is 109. The Kier molecular flexibility index (Phi) is 20.0. The number of aromatic hydroxyl groups is 1. The SMILES string of the molecule is CC(C)C[C@H](NC(=O)[C@H](Cc1ccccc1)NC(=O)[C@H](Cc1ccc(O)cc1)NC(=O)CNC(=O)[C@H](C)NC(=O)[C@H](Cc1ccccc1)NC(=O)[C@@H](N)Cc1ccccc1)C(=O)N1CCC[C@H]1C(=O)O. The van der Waals surface area contributed by atoms with Gasteiger partial charge in [0.2, 0.25) is 41.4 Å². The summed E-state index contributed by atoms with van der Waals surface area (Å²) in [6.07, 6.45) is 1.17. The maximum atomic E-state index is 14.3. The molecule has 1 aliphatic heterocycles. The number of amides is 7. The summed E-state index contributed by atoms with van der Waals surface area (Å²) in [7, 11) is 0. The number of carboxylic acids is 1. The minimum Gasteiger partial charge on any atom is -0.508 e. The summed E-state index contributed by atoms with van der Waals surface area (Å²) >= 11 is 0. The lowest BCUT2D eigenvalue weighted by atomic mass is 9.99. The van der Waals surface area contributed by atoms with E-state index in [1.807, 2.05) is 50.2 Å². The lowest BCUT2D eigenvalue weighted by Gasteiger charge is -2.30. The van der Waals surface area contributed by atoms with E-state index in [4.69, 9.17) is 5.73 Å². The van der Waals surface area contributed by atoms with Gasteiger partial charge >= 0.3 is 5.97 Å². The van der Waals surface area contributed by atoms with Crippen molar-refractivity contribution < 1.29 is 48.6 Å². The number of benzene rings is 4. The van der Waals surface area contributed by atoms with E-state index >= 15 is 0 Å². The van der Waals surface area contributed by atoms with Gasteiger partial charge in [0.05, 0.1) is 12.6 Å². The lowest BCUT2D eigenvalue weighted by Crippen LogP contribution is -2.59. The Morgan fingerprint density at radius 1 is 0.571 bits per heavy atom. The Morgan fingerprint density at radius 3 is 1.51 bits per heavy atom. The van der Waals surface area contributed by atoms with Crippen molar-refractivity contribution in [2.75, 3.05) is 13.1 Å². The lowest BCUT2D eigenvalue weighted by molar-refractivity contribution is -0.149. The van der Waals surface area contributed by atoms with Crippen LogP contribution < -0.4 is 37.6 Å². The van der Waals surface area contributed by atoms with Crippen LogP contribution in [-0.4, -0.2) is 118 Å². The van der Waals surface area contributed by atoms with Crippen LogP contribution in [0.3, 0.4) is 0 Å². The van der Waals surface area contributed by atoms with Crippen LogP contribution >= 0.6 is 0 Å². The molecule has 0 radical (unpaired) electrons. The number of phenolic OH excluding ortho intramolecular Hbond substituents is 1. The first-order valence-electron chi connectivity index (χ1n) is 23.4. The van der Waals surface area contributed by atoms with E-state index in [0.717, 1.165) is 11.1 Å². The maximum absolute atomic E-state index is 14.3. The molecule has 70 heavy (non-hydrogen) atoms. The van der Waals surface area contributed by atoms with Gasteiger partial charge in [0.1, 0.15) is 42.0 Å². The second kappa shape index (κ2) is 26.2. The molecule has 4 aromatic carbocycles. The first-order chi connectivity index (χ1) is 33.5. The molecule has 1 aliphatic rings. The van der Waals surface area contributed by atoms with Crippen molar-refractivity contribution in [3.8, 4) is 5.75 Å². The number of carbonyl (C=O) groups excluding carboxylic acids is 7. The molecule has 0 spiro atoms. The minimum absolute atomic E-state index is 0.0155. The molecule has 0 saturated carbocycles. The molecule has 18 nitrogen and oxygen atoms in total. The zero-order valence-corrected chi connectivity index (χ0v) is 39.6. The van der Waals surface area contributed by atoms with Crippen LogP contribution in [0.15, 0.2) is 115 Å². The van der Waals surface area contributed by atoms with Gasteiger partial charge in [-0.25, -0.2) is 4.79 Å². The topological polar surface area (TPSA) is 278 Å². The Bertz CT molecular complexity index is 2410. The number of likely N-dealkylation sites (tertiary alicyclic amines) is 1. The summed E-state index contributed by atoms with van der Waals surface area (Å²) in [6.45, 7) is 4.72. The smallest absolute Gasteiger partial charge is 0.326 e. The van der Waals surface area contributed by atoms with Gasteiger partial charge in [0.25, 0.3) is 0 Å². The van der Waals surface area contributed by atoms with E-state index in [0.29, 0.717) is 17.5 Å². The third-order valence-corrected chi connectivity index (χ3v) is 11.8. The molecule has 5 rings (SSSR count). The van der Waals surface area contributed by atoms with Crippen LogP contribution in [-0.2, 0) is 64.0 Å². The molecular weight excluding hydrogens is 897 g/mol. The summed E-state index contributed by atoms with van der Waals surface area (Å²) < 4.78 is 0. The van der Waals surface area contributed by atoms with E-state index in [2.05, 4.69) is 31.9 Å². The van der Waals surface area contributed by atoms with Gasteiger partial charge in [-0.2, -0.15) is 0 Å². The molecule has 372 valence electrons. The van der Waals surface area contributed by atoms with Crippen LogP contribution in [0.1, 0.15) is 62.3 Å². The zero-order valence-electron chi connectivity index (χ0n) is 39.6. The molecule has 7 atom stereocenters. The number of nitrogens with zero attached hydrogens (tertiary/aromatic N) is 1. The Balaban J connectivity index is 1.27. The average molecular weight is 961 g/mol. The summed E-state index contributed by atoms with van der Waals surface area (Å²) in [5.41, 5.74) is 9.00. The molecule has 0 unspecified atom stereocenters. The number of hydrogen-bond acceptors (Lipinski definition) is 10. The zero-order chi connectivity index (χ0) is 50.7. The highest BCUT2D eigenvalue weighted by atomic mass is 16.4. The quantitative estimate of drug-likeness (QED) is 0.0487. The van der Waals surface area contributed by atoms with Crippen molar-refractivity contribution in [3.63, 3.8) is 0 Å². The number of hydrogen-bond donors (Lipinski definition) is 9. The molecule has 18 heteroatoms. The van der Waals surface area contributed by atoms with Crippen molar-refractivity contribution in [2.45, 2.75) is 108 Å². The summed E-state index contributed by atoms with van der Waals surface area (Å²) in [6, 6.07) is 24.9. The third-order valence-electron chi connectivity index (χ3n) is 11.8. The molecular formula is C52H64N8O10. The maximum Gasteiger partial charge on any atom is 0.326 e. The number of nitrogens with two attached hydrogens (primary N) is 1. The molecule has 0 aliphatic carbocycles. The molecule has 10 N–H and O–H groups in total. The number of carboxylic acid groups (broad SMARTS) is 1. The van der Waals surface area contributed by atoms with Crippen molar-refractivity contribution >= 4 is 47.3 Å². The van der Waals surface area contributed by atoms with Crippen LogP contribution in [0, 0.1) is 5.92 Å². The highest BCUT2D eigenvalue weighted by molar-refractivity contribution is 5.97. The van der Waals surface area contributed by atoms with Gasteiger partial charge in [0.15, 0.2) is 0 Å². The average Bonchev–Trinajstić information content (AvgIpc) is 3.84. The highest BCUT2D eigenvalue weighted by Gasteiger charge is 2.39. The number of carbonyl (C=O) groups is 8. The van der Waals surface area contributed by atoms with Crippen LogP contribution in [0.5, 0.6) is 5.75 Å². The predicted octanol–water partition coefficient (Wildman–Crippen LogP) is 1.67. The second-order valence-corrected chi connectivity index (χ2v) is 18.0. The summed E-state index contributed by atoms with van der Waals surface area (Å²) in [5.74, 6) is -6.05. The number of nitrogens with one attached hydrogen (secondary N) is 6. The standard InChI is InChI=1S/C52H64N8O10/c1-32(2)26-43(51(68)60-25-13-20-44(60)52(69)70)59-50(67)42(29-36-18-11-6-12-19-36)58-49(66)40(30-37-21-23-38(61)24-22-37)56-45(62)31-54-46(63)33(3)55-48(65)41(28-35-16-9-5-10-17-35)57-47(64)39(53)27-34-14-7-4-8-15-34/h4-12,14-19,21-24,32-33,39-44,61H,13,20,25-31,53H2,1-3H3,(H,54,63)(H,55,65)(H,56,62)(H,57,64)(H,58,66)(H,59,67)(H,69,70)/t33-,39-,40-,41-,42-,43-,44-/m0/s1. The molecule has 1 fully saturated rings. The Labute approximate surface area is 407 Å². The minimum atomic E-state index is -1.33. The van der Waals surface area contributed by atoms with Crippen LogP contribution in [0.4, 0.5) is 0 Å². The number of aliphatic carboxylic acids is 1. The van der Waals surface area contributed by atoms with Crippen LogP contribution in [0.2, 0.25) is 0 Å². The van der Waals surface area contributed by atoms with E-state index in [1.165, 1.54) is 24.0 Å². The van der Waals surface area contributed by atoms with Crippen molar-refractivity contribution in [1.29, 1.82) is 0 Å². The number of rotatable bonds is 24. The van der Waals surface area contributed by atoms with Crippen molar-refractivity contribution in [2.24, 2.45) is 11.7 Å². The largest absolute Gasteiger partial charge is 0.508 e. The molecule has 1 saturated heterocycles. The molecule has 0 aromatic heterocycles. The van der Waals surface area contributed by atoms with E-state index in [-0.39, 0.29) is 56.7 Å². The van der Waals surface area contributed by atoms with Crippen LogP contribution in [0.25, 0.3) is 0 Å². The van der Waals surface area contributed by atoms with E-state index in [1.54, 1.807) is 66.7 Å². The molecule has 4 aromatic rings. The fourth-order valence-corrected chi connectivity index (χ4v) is 8.10. The molecule has 0 bridgehead atoms. The normalized spacial score (nSPS) is 15.8. The van der Waals surface area contributed by atoms with Gasteiger partial charge in [-0.05, 0) is 72.9 Å².